The first-order valence-corrected chi connectivity index (χ1v) is 6.96. The van der Waals surface area contributed by atoms with Gasteiger partial charge >= 0.3 is 0 Å². The average Bonchev–Trinajstić information content (AvgIpc) is 2.37. The number of fused-ring (bicyclic) bond motifs is 1. The fourth-order valence-corrected chi connectivity index (χ4v) is 3.33. The zero-order chi connectivity index (χ0) is 12.5. The van der Waals surface area contributed by atoms with Crippen LogP contribution in [0.25, 0.3) is 0 Å². The summed E-state index contributed by atoms with van der Waals surface area (Å²) in [4.78, 5) is 2.62. The van der Waals surface area contributed by atoms with Crippen LogP contribution in [-0.4, -0.2) is 36.7 Å². The van der Waals surface area contributed by atoms with E-state index in [1.165, 1.54) is 5.56 Å². The first-order chi connectivity index (χ1) is 8.74. The third kappa shape index (κ3) is 2.25. The molecule has 1 saturated heterocycles. The smallest absolute Gasteiger partial charge is 0.124 e. The highest BCUT2D eigenvalue weighted by atomic mass is 16.5. The maximum Gasteiger partial charge on any atom is 0.124 e. The van der Waals surface area contributed by atoms with Crippen molar-refractivity contribution in [3.63, 3.8) is 0 Å². The molecule has 1 fully saturated rings. The van der Waals surface area contributed by atoms with Gasteiger partial charge in [0, 0.05) is 43.2 Å². The molecule has 3 atom stereocenters. The van der Waals surface area contributed by atoms with Crippen LogP contribution >= 0.6 is 0 Å². The minimum absolute atomic E-state index is 0.530. The molecule has 18 heavy (non-hydrogen) atoms. The summed E-state index contributed by atoms with van der Waals surface area (Å²) in [6.45, 7) is 7.64. The quantitative estimate of drug-likeness (QED) is 0.822. The van der Waals surface area contributed by atoms with Crippen LogP contribution in [0.1, 0.15) is 31.9 Å². The molecule has 0 spiro atoms. The standard InChI is InChI=1S/C15H22N2O/c1-11-9-17(10-12(2)16-11)14-7-8-18-15-6-4-3-5-13(14)15/h3-6,11-12,14,16H,7-10H2,1-2H3. The van der Waals surface area contributed by atoms with Gasteiger partial charge in [-0.3, -0.25) is 4.90 Å². The lowest BCUT2D eigenvalue weighted by Gasteiger charge is -2.42. The van der Waals surface area contributed by atoms with E-state index in [2.05, 4.69) is 48.3 Å². The fourth-order valence-electron chi connectivity index (χ4n) is 3.33. The van der Waals surface area contributed by atoms with Crippen molar-refractivity contribution < 1.29 is 4.74 Å². The van der Waals surface area contributed by atoms with Gasteiger partial charge in [0.2, 0.25) is 0 Å². The summed E-state index contributed by atoms with van der Waals surface area (Å²) >= 11 is 0. The summed E-state index contributed by atoms with van der Waals surface area (Å²) in [7, 11) is 0. The van der Waals surface area contributed by atoms with Crippen LogP contribution in [0.5, 0.6) is 5.75 Å². The van der Waals surface area contributed by atoms with Crippen LogP contribution in [0, 0.1) is 0 Å². The Labute approximate surface area is 109 Å². The molecule has 0 radical (unpaired) electrons. The van der Waals surface area contributed by atoms with Crippen molar-refractivity contribution >= 4 is 0 Å². The van der Waals surface area contributed by atoms with E-state index in [1.807, 2.05) is 0 Å². The molecule has 0 bridgehead atoms. The molecule has 2 heterocycles. The highest BCUT2D eigenvalue weighted by Crippen LogP contribution is 2.36. The van der Waals surface area contributed by atoms with Crippen molar-refractivity contribution in [1.29, 1.82) is 0 Å². The maximum absolute atomic E-state index is 5.76. The van der Waals surface area contributed by atoms with E-state index in [4.69, 9.17) is 4.74 Å². The van der Waals surface area contributed by atoms with Gasteiger partial charge < -0.3 is 10.1 Å². The Morgan fingerprint density at radius 1 is 1.17 bits per heavy atom. The molecule has 1 aromatic rings. The van der Waals surface area contributed by atoms with E-state index in [-0.39, 0.29) is 0 Å². The van der Waals surface area contributed by atoms with Gasteiger partial charge in [-0.15, -0.1) is 0 Å². The topological polar surface area (TPSA) is 24.5 Å². The summed E-state index contributed by atoms with van der Waals surface area (Å²) in [5.74, 6) is 1.08. The van der Waals surface area contributed by atoms with Gasteiger partial charge in [0.25, 0.3) is 0 Å². The van der Waals surface area contributed by atoms with E-state index < -0.39 is 0 Å². The van der Waals surface area contributed by atoms with Crippen molar-refractivity contribution in [2.75, 3.05) is 19.7 Å². The number of para-hydroxylation sites is 1. The van der Waals surface area contributed by atoms with Crippen molar-refractivity contribution in [3.05, 3.63) is 29.8 Å². The van der Waals surface area contributed by atoms with Gasteiger partial charge in [0.1, 0.15) is 5.75 Å². The van der Waals surface area contributed by atoms with Gasteiger partial charge in [0.05, 0.1) is 6.61 Å². The SMILES string of the molecule is CC1CN(C2CCOc3ccccc32)CC(C)N1. The van der Waals surface area contributed by atoms with Crippen molar-refractivity contribution in [1.82, 2.24) is 10.2 Å². The second kappa shape index (κ2) is 4.90. The Kier molecular flexibility index (Phi) is 3.27. The van der Waals surface area contributed by atoms with Crippen LogP contribution in [0.3, 0.4) is 0 Å². The van der Waals surface area contributed by atoms with E-state index in [1.54, 1.807) is 0 Å². The normalized spacial score (nSPS) is 32.7. The summed E-state index contributed by atoms with van der Waals surface area (Å²) in [5.41, 5.74) is 1.37. The predicted molar refractivity (Wildman–Crippen MR) is 72.9 cm³/mol. The summed E-state index contributed by atoms with van der Waals surface area (Å²) < 4.78 is 5.76. The lowest BCUT2D eigenvalue weighted by Crippen LogP contribution is -2.55. The summed E-state index contributed by atoms with van der Waals surface area (Å²) in [6, 6.07) is 10.2. The molecular weight excluding hydrogens is 224 g/mol. The number of hydrogen-bond donors (Lipinski definition) is 1. The van der Waals surface area contributed by atoms with Crippen LogP contribution < -0.4 is 10.1 Å². The Bertz CT molecular complexity index is 411. The molecule has 2 aliphatic heterocycles. The second-order valence-corrected chi connectivity index (χ2v) is 5.61. The van der Waals surface area contributed by atoms with E-state index in [9.17, 15) is 0 Å². The third-order valence-electron chi connectivity index (χ3n) is 3.95. The van der Waals surface area contributed by atoms with Crippen molar-refractivity contribution in [2.45, 2.75) is 38.4 Å². The van der Waals surface area contributed by atoms with Crippen LogP contribution in [0.2, 0.25) is 0 Å². The Morgan fingerprint density at radius 2 is 1.89 bits per heavy atom. The van der Waals surface area contributed by atoms with E-state index in [0.717, 1.165) is 31.9 Å². The molecule has 0 aliphatic carbocycles. The maximum atomic E-state index is 5.76. The molecule has 98 valence electrons. The molecule has 0 amide bonds. The molecule has 3 nitrogen and oxygen atoms in total. The van der Waals surface area contributed by atoms with Gasteiger partial charge in [-0.1, -0.05) is 18.2 Å². The number of rotatable bonds is 1. The molecule has 2 aliphatic rings. The number of piperazine rings is 1. The second-order valence-electron chi connectivity index (χ2n) is 5.61. The van der Waals surface area contributed by atoms with E-state index in [0.29, 0.717) is 18.1 Å². The molecule has 0 saturated carbocycles. The number of nitrogens with zero attached hydrogens (tertiary/aromatic N) is 1. The monoisotopic (exact) mass is 246 g/mol. The average molecular weight is 246 g/mol. The fraction of sp³-hybridized carbons (Fsp3) is 0.600. The van der Waals surface area contributed by atoms with Gasteiger partial charge in [-0.25, -0.2) is 0 Å². The lowest BCUT2D eigenvalue weighted by molar-refractivity contribution is 0.0919. The van der Waals surface area contributed by atoms with Crippen LogP contribution in [-0.2, 0) is 0 Å². The molecule has 3 rings (SSSR count). The number of nitrogens with one attached hydrogen (secondary N) is 1. The lowest BCUT2D eigenvalue weighted by atomic mass is 9.97. The Morgan fingerprint density at radius 3 is 2.67 bits per heavy atom. The summed E-state index contributed by atoms with van der Waals surface area (Å²) in [6.07, 6.45) is 1.11. The molecule has 1 aromatic carbocycles. The zero-order valence-electron chi connectivity index (χ0n) is 11.2. The summed E-state index contributed by atoms with van der Waals surface area (Å²) in [5, 5.41) is 3.60. The first kappa shape index (κ1) is 12.0. The van der Waals surface area contributed by atoms with E-state index >= 15 is 0 Å². The van der Waals surface area contributed by atoms with Gasteiger partial charge in [-0.2, -0.15) is 0 Å². The van der Waals surface area contributed by atoms with Crippen LogP contribution in [0.4, 0.5) is 0 Å². The van der Waals surface area contributed by atoms with Crippen molar-refractivity contribution in [2.24, 2.45) is 0 Å². The van der Waals surface area contributed by atoms with Gasteiger partial charge in [-0.05, 0) is 19.9 Å². The first-order valence-electron chi connectivity index (χ1n) is 6.96. The molecule has 1 N–H and O–H groups in total. The number of hydrogen-bond acceptors (Lipinski definition) is 3. The number of ether oxygens (including phenoxy) is 1. The van der Waals surface area contributed by atoms with Gasteiger partial charge in [0.15, 0.2) is 0 Å². The highest BCUT2D eigenvalue weighted by molar-refractivity contribution is 5.37. The van der Waals surface area contributed by atoms with Crippen molar-refractivity contribution in [3.8, 4) is 5.75 Å². The zero-order valence-corrected chi connectivity index (χ0v) is 11.2. The minimum Gasteiger partial charge on any atom is -0.493 e. The molecule has 3 unspecified atom stereocenters. The predicted octanol–water partition coefficient (Wildman–Crippen LogP) is 2.19. The molecule has 0 aromatic heterocycles. The molecular formula is C15H22N2O. The Balaban J connectivity index is 1.85. The number of benzene rings is 1. The highest BCUT2D eigenvalue weighted by Gasteiger charge is 2.31. The third-order valence-corrected chi connectivity index (χ3v) is 3.95. The Hall–Kier alpha value is -1.06. The molecule has 3 heteroatoms. The largest absolute Gasteiger partial charge is 0.493 e. The minimum atomic E-state index is 0.530. The van der Waals surface area contributed by atoms with Crippen LogP contribution in [0.15, 0.2) is 24.3 Å².